The molecule has 2 fully saturated rings. The lowest BCUT2D eigenvalue weighted by atomic mass is 9.86. The summed E-state index contributed by atoms with van der Waals surface area (Å²) in [7, 11) is 0. The molecule has 158 valence electrons. The van der Waals surface area contributed by atoms with Crippen LogP contribution in [0.25, 0.3) is 0 Å². The highest BCUT2D eigenvalue weighted by Gasteiger charge is 2.34. The fourth-order valence-electron chi connectivity index (χ4n) is 3.30. The SMILES string of the molecule is O=C(OCC(=O)N1CCN(c2ccc(C(F)(F)F)cc2[N+](=O)[O-])CC1)C1CCC1. The van der Waals surface area contributed by atoms with E-state index in [-0.39, 0.29) is 56.3 Å². The smallest absolute Gasteiger partial charge is 0.416 e. The molecule has 0 bridgehead atoms. The van der Waals surface area contributed by atoms with Gasteiger partial charge in [0.1, 0.15) is 5.69 Å². The van der Waals surface area contributed by atoms with Crippen LogP contribution in [0.1, 0.15) is 24.8 Å². The molecule has 0 unspecified atom stereocenters. The number of hydrogen-bond acceptors (Lipinski definition) is 6. The zero-order valence-corrected chi connectivity index (χ0v) is 15.5. The van der Waals surface area contributed by atoms with Gasteiger partial charge in [-0.05, 0) is 25.0 Å². The Morgan fingerprint density at radius 1 is 1.17 bits per heavy atom. The highest BCUT2D eigenvalue weighted by molar-refractivity contribution is 5.82. The van der Waals surface area contributed by atoms with Crippen molar-refractivity contribution >= 4 is 23.3 Å². The number of halogens is 3. The number of piperazine rings is 1. The molecule has 0 radical (unpaired) electrons. The number of esters is 1. The standard InChI is InChI=1S/C18H20F3N3O5/c19-18(20,21)13-4-5-14(15(10-13)24(27)28)22-6-8-23(9-7-22)16(25)11-29-17(26)12-2-1-3-12/h4-5,10,12H,1-3,6-9,11H2. The van der Waals surface area contributed by atoms with Crippen molar-refractivity contribution in [2.45, 2.75) is 25.4 Å². The molecule has 1 saturated carbocycles. The fraction of sp³-hybridized carbons (Fsp3) is 0.556. The van der Waals surface area contributed by atoms with Gasteiger partial charge in [-0.3, -0.25) is 19.7 Å². The van der Waals surface area contributed by atoms with Crippen LogP contribution >= 0.6 is 0 Å². The first-order chi connectivity index (χ1) is 13.7. The van der Waals surface area contributed by atoms with Crippen molar-refractivity contribution in [2.75, 3.05) is 37.7 Å². The summed E-state index contributed by atoms with van der Waals surface area (Å²) < 4.78 is 43.5. The number of ether oxygens (including phenoxy) is 1. The quantitative estimate of drug-likeness (QED) is 0.417. The third kappa shape index (κ3) is 4.77. The summed E-state index contributed by atoms with van der Waals surface area (Å²) in [6.07, 6.45) is -2.15. The Morgan fingerprint density at radius 2 is 1.83 bits per heavy atom. The molecule has 1 amide bonds. The molecule has 8 nitrogen and oxygen atoms in total. The topological polar surface area (TPSA) is 93.0 Å². The van der Waals surface area contributed by atoms with Crippen LogP contribution in [0.5, 0.6) is 0 Å². The van der Waals surface area contributed by atoms with Gasteiger partial charge in [-0.1, -0.05) is 6.42 Å². The van der Waals surface area contributed by atoms with Crippen LogP contribution in [0, 0.1) is 16.0 Å². The number of rotatable bonds is 5. The number of carbonyl (C=O) groups is 2. The van der Waals surface area contributed by atoms with Gasteiger partial charge in [-0.25, -0.2) is 0 Å². The first-order valence-corrected chi connectivity index (χ1v) is 9.22. The van der Waals surface area contributed by atoms with Crippen LogP contribution in [0.3, 0.4) is 0 Å². The van der Waals surface area contributed by atoms with Gasteiger partial charge in [0, 0.05) is 32.2 Å². The highest BCUT2D eigenvalue weighted by atomic mass is 19.4. The van der Waals surface area contributed by atoms with E-state index in [0.29, 0.717) is 6.07 Å². The maximum absolute atomic E-state index is 12.8. The lowest BCUT2D eigenvalue weighted by molar-refractivity contribution is -0.384. The van der Waals surface area contributed by atoms with Gasteiger partial charge in [0.2, 0.25) is 0 Å². The molecule has 2 aliphatic rings. The second-order valence-electron chi connectivity index (χ2n) is 7.06. The monoisotopic (exact) mass is 415 g/mol. The van der Waals surface area contributed by atoms with E-state index in [4.69, 9.17) is 4.74 Å². The van der Waals surface area contributed by atoms with Gasteiger partial charge in [-0.2, -0.15) is 13.2 Å². The third-order valence-corrected chi connectivity index (χ3v) is 5.25. The van der Waals surface area contributed by atoms with Crippen molar-refractivity contribution in [2.24, 2.45) is 5.92 Å². The summed E-state index contributed by atoms with van der Waals surface area (Å²) >= 11 is 0. The number of anilines is 1. The van der Waals surface area contributed by atoms with Crippen molar-refractivity contribution in [1.82, 2.24) is 4.90 Å². The fourth-order valence-corrected chi connectivity index (χ4v) is 3.30. The van der Waals surface area contributed by atoms with E-state index in [1.165, 1.54) is 4.90 Å². The first kappa shape index (κ1) is 20.9. The van der Waals surface area contributed by atoms with Gasteiger partial charge >= 0.3 is 12.1 Å². The number of nitro groups is 1. The minimum atomic E-state index is -4.68. The molecular weight excluding hydrogens is 395 g/mol. The molecule has 1 aliphatic heterocycles. The molecule has 1 aromatic rings. The van der Waals surface area contributed by atoms with Gasteiger partial charge in [0.25, 0.3) is 11.6 Å². The lowest BCUT2D eigenvalue weighted by Crippen LogP contribution is -2.50. The Kier molecular flexibility index (Phi) is 5.94. The third-order valence-electron chi connectivity index (χ3n) is 5.25. The number of alkyl halides is 3. The number of nitrogens with zero attached hydrogens (tertiary/aromatic N) is 3. The van der Waals surface area contributed by atoms with Crippen molar-refractivity contribution in [1.29, 1.82) is 0 Å². The number of hydrogen-bond donors (Lipinski definition) is 0. The molecule has 0 spiro atoms. The Labute approximate surface area is 164 Å². The van der Waals surface area contributed by atoms with Gasteiger partial charge in [0.05, 0.1) is 16.4 Å². The molecular formula is C18H20F3N3O5. The van der Waals surface area contributed by atoms with E-state index in [0.717, 1.165) is 31.4 Å². The van der Waals surface area contributed by atoms with Crippen molar-refractivity contribution in [3.63, 3.8) is 0 Å². The minimum Gasteiger partial charge on any atom is -0.455 e. The van der Waals surface area contributed by atoms with Crippen molar-refractivity contribution in [3.05, 3.63) is 33.9 Å². The normalized spacial score (nSPS) is 17.6. The summed E-state index contributed by atoms with van der Waals surface area (Å²) in [6.45, 7) is 0.523. The summed E-state index contributed by atoms with van der Waals surface area (Å²) in [5.74, 6) is -0.859. The van der Waals surface area contributed by atoms with Crippen LogP contribution < -0.4 is 4.90 Å². The molecule has 0 atom stereocenters. The Morgan fingerprint density at radius 3 is 2.34 bits per heavy atom. The maximum atomic E-state index is 12.8. The maximum Gasteiger partial charge on any atom is 0.416 e. The van der Waals surface area contributed by atoms with E-state index < -0.39 is 22.4 Å². The second kappa shape index (κ2) is 8.26. The Hall–Kier alpha value is -2.85. The molecule has 0 N–H and O–H groups in total. The molecule has 1 aliphatic carbocycles. The summed E-state index contributed by atoms with van der Waals surface area (Å²) in [4.78, 5) is 37.4. The highest BCUT2D eigenvalue weighted by Crippen LogP contribution is 2.36. The zero-order valence-electron chi connectivity index (χ0n) is 15.5. The average molecular weight is 415 g/mol. The van der Waals surface area contributed by atoms with Gasteiger partial charge in [-0.15, -0.1) is 0 Å². The Bertz CT molecular complexity index is 802. The number of carbonyl (C=O) groups excluding carboxylic acids is 2. The van der Waals surface area contributed by atoms with E-state index in [9.17, 15) is 32.9 Å². The number of amides is 1. The predicted octanol–water partition coefficient (Wildman–Crippen LogP) is 2.61. The van der Waals surface area contributed by atoms with Crippen LogP contribution in [-0.2, 0) is 20.5 Å². The largest absolute Gasteiger partial charge is 0.455 e. The van der Waals surface area contributed by atoms with Crippen LogP contribution in [0.4, 0.5) is 24.5 Å². The number of nitro benzene ring substituents is 1. The first-order valence-electron chi connectivity index (χ1n) is 9.22. The molecule has 3 rings (SSSR count). The Balaban J connectivity index is 1.59. The predicted molar refractivity (Wildman–Crippen MR) is 95.2 cm³/mol. The summed E-state index contributed by atoms with van der Waals surface area (Å²) in [5.41, 5.74) is -1.64. The minimum absolute atomic E-state index is 0.0755. The van der Waals surface area contributed by atoms with Crippen LogP contribution in [0.2, 0.25) is 0 Å². The zero-order chi connectivity index (χ0) is 21.2. The van der Waals surface area contributed by atoms with Crippen LogP contribution in [0.15, 0.2) is 18.2 Å². The average Bonchev–Trinajstić information content (AvgIpc) is 2.63. The van der Waals surface area contributed by atoms with Gasteiger partial charge < -0.3 is 14.5 Å². The van der Waals surface area contributed by atoms with Crippen molar-refractivity contribution in [3.8, 4) is 0 Å². The summed E-state index contributed by atoms with van der Waals surface area (Å²) in [6, 6.07) is 2.41. The van der Waals surface area contributed by atoms with Crippen molar-refractivity contribution < 1.29 is 32.4 Å². The van der Waals surface area contributed by atoms with E-state index in [2.05, 4.69) is 0 Å². The number of benzene rings is 1. The second-order valence-corrected chi connectivity index (χ2v) is 7.06. The molecule has 29 heavy (non-hydrogen) atoms. The van der Waals surface area contributed by atoms with Crippen LogP contribution in [-0.4, -0.2) is 54.5 Å². The van der Waals surface area contributed by atoms with E-state index in [1.807, 2.05) is 0 Å². The van der Waals surface area contributed by atoms with E-state index in [1.54, 1.807) is 4.90 Å². The molecule has 0 aromatic heterocycles. The molecule has 1 heterocycles. The van der Waals surface area contributed by atoms with Gasteiger partial charge in [0.15, 0.2) is 6.61 Å². The summed E-state index contributed by atoms with van der Waals surface area (Å²) in [5, 5.41) is 11.2. The van der Waals surface area contributed by atoms with E-state index >= 15 is 0 Å². The molecule has 11 heteroatoms. The molecule has 1 saturated heterocycles. The lowest BCUT2D eigenvalue weighted by Gasteiger charge is -2.36. The molecule has 1 aromatic carbocycles.